The van der Waals surface area contributed by atoms with Crippen LogP contribution in [-0.2, 0) is 11.2 Å². The minimum absolute atomic E-state index is 0.0115. The van der Waals surface area contributed by atoms with Gasteiger partial charge in [-0.3, -0.25) is 9.89 Å². The Balaban J connectivity index is 1.36. The highest BCUT2D eigenvalue weighted by molar-refractivity contribution is 5.93. The molecule has 2 aromatic carbocycles. The molecule has 1 saturated heterocycles. The third-order valence-electron chi connectivity index (χ3n) is 5.46. The third kappa shape index (κ3) is 5.09. The van der Waals surface area contributed by atoms with Crippen LogP contribution in [0.5, 0.6) is 0 Å². The van der Waals surface area contributed by atoms with Crippen LogP contribution < -0.4 is 5.32 Å². The number of anilines is 1. The molecule has 29 heavy (non-hydrogen) atoms. The van der Waals surface area contributed by atoms with Crippen LogP contribution in [0.3, 0.4) is 0 Å². The van der Waals surface area contributed by atoms with Gasteiger partial charge in [0.25, 0.3) is 0 Å². The van der Waals surface area contributed by atoms with Crippen molar-refractivity contribution in [2.45, 2.75) is 19.3 Å². The second-order valence-corrected chi connectivity index (χ2v) is 7.57. The van der Waals surface area contributed by atoms with Crippen molar-refractivity contribution >= 4 is 11.6 Å². The number of hydrogen-bond donors (Lipinski definition) is 2. The lowest BCUT2D eigenvalue weighted by molar-refractivity contribution is -0.121. The normalized spacial score (nSPS) is 17.2. The standard InChI is InChI=1S/C23H25FN4O/c24-21-8-6-18(7-9-21)19-3-1-5-22(13-19)27-23(29)20-4-2-11-28(16-20)12-10-17-14-25-26-15-17/h1,3,5-9,13-15,20H,2,4,10-12,16H2,(H,25,26)(H,27,29). The van der Waals surface area contributed by atoms with Gasteiger partial charge in [0.2, 0.25) is 5.91 Å². The third-order valence-corrected chi connectivity index (χ3v) is 5.46. The molecule has 0 bridgehead atoms. The van der Waals surface area contributed by atoms with E-state index in [4.69, 9.17) is 0 Å². The van der Waals surface area contributed by atoms with E-state index in [1.807, 2.05) is 36.7 Å². The maximum absolute atomic E-state index is 13.2. The van der Waals surface area contributed by atoms with Gasteiger partial charge in [0.15, 0.2) is 0 Å². The van der Waals surface area contributed by atoms with Gasteiger partial charge in [-0.25, -0.2) is 4.39 Å². The number of piperidine rings is 1. The van der Waals surface area contributed by atoms with E-state index in [1.165, 1.54) is 17.7 Å². The Labute approximate surface area is 169 Å². The van der Waals surface area contributed by atoms with Crippen molar-refractivity contribution in [3.05, 3.63) is 72.3 Å². The number of likely N-dealkylation sites (tertiary alicyclic amines) is 1. The molecule has 2 heterocycles. The summed E-state index contributed by atoms with van der Waals surface area (Å²) in [6, 6.07) is 14.1. The van der Waals surface area contributed by atoms with Crippen molar-refractivity contribution in [1.82, 2.24) is 15.1 Å². The summed E-state index contributed by atoms with van der Waals surface area (Å²) in [6.45, 7) is 2.74. The molecule has 0 aliphatic carbocycles. The molecule has 0 saturated carbocycles. The van der Waals surface area contributed by atoms with Crippen molar-refractivity contribution < 1.29 is 9.18 Å². The Bertz CT molecular complexity index is 940. The summed E-state index contributed by atoms with van der Waals surface area (Å²) in [5.74, 6) is -0.204. The van der Waals surface area contributed by atoms with E-state index in [-0.39, 0.29) is 17.6 Å². The second kappa shape index (κ2) is 9.01. The predicted molar refractivity (Wildman–Crippen MR) is 112 cm³/mol. The molecule has 150 valence electrons. The summed E-state index contributed by atoms with van der Waals surface area (Å²) in [4.78, 5) is 15.2. The number of rotatable bonds is 6. The van der Waals surface area contributed by atoms with E-state index in [0.29, 0.717) is 0 Å². The smallest absolute Gasteiger partial charge is 0.228 e. The Morgan fingerprint density at radius 2 is 2.07 bits per heavy atom. The van der Waals surface area contributed by atoms with Crippen LogP contribution >= 0.6 is 0 Å². The summed E-state index contributed by atoms with van der Waals surface area (Å²) in [5.41, 5.74) is 3.83. The molecule has 1 aromatic heterocycles. The van der Waals surface area contributed by atoms with E-state index >= 15 is 0 Å². The van der Waals surface area contributed by atoms with E-state index in [2.05, 4.69) is 20.4 Å². The number of H-pyrrole nitrogens is 1. The Morgan fingerprint density at radius 1 is 1.21 bits per heavy atom. The second-order valence-electron chi connectivity index (χ2n) is 7.57. The number of halogens is 1. The fourth-order valence-corrected chi connectivity index (χ4v) is 3.84. The number of nitrogens with zero attached hydrogens (tertiary/aromatic N) is 2. The molecular formula is C23H25FN4O. The lowest BCUT2D eigenvalue weighted by Gasteiger charge is -2.31. The first-order chi connectivity index (χ1) is 14.2. The van der Waals surface area contributed by atoms with E-state index in [0.717, 1.165) is 55.7 Å². The van der Waals surface area contributed by atoms with Gasteiger partial charge < -0.3 is 10.2 Å². The van der Waals surface area contributed by atoms with E-state index in [9.17, 15) is 9.18 Å². The number of amides is 1. The average molecular weight is 392 g/mol. The van der Waals surface area contributed by atoms with Crippen molar-refractivity contribution in [3.63, 3.8) is 0 Å². The molecule has 6 heteroatoms. The predicted octanol–water partition coefficient (Wildman–Crippen LogP) is 4.11. The minimum atomic E-state index is -0.257. The monoisotopic (exact) mass is 392 g/mol. The number of nitrogens with one attached hydrogen (secondary N) is 2. The molecule has 3 aromatic rings. The number of aromatic amines is 1. The minimum Gasteiger partial charge on any atom is -0.326 e. The van der Waals surface area contributed by atoms with Crippen LogP contribution in [0.4, 0.5) is 10.1 Å². The lowest BCUT2D eigenvalue weighted by Crippen LogP contribution is -2.41. The highest BCUT2D eigenvalue weighted by Gasteiger charge is 2.25. The Kier molecular flexibility index (Phi) is 6.00. The highest BCUT2D eigenvalue weighted by Crippen LogP contribution is 2.24. The van der Waals surface area contributed by atoms with Gasteiger partial charge in [0.1, 0.15) is 5.82 Å². The number of carbonyl (C=O) groups is 1. The lowest BCUT2D eigenvalue weighted by atomic mass is 9.96. The zero-order valence-electron chi connectivity index (χ0n) is 16.3. The molecule has 1 atom stereocenters. The quantitative estimate of drug-likeness (QED) is 0.664. The van der Waals surface area contributed by atoms with Gasteiger partial charge in [-0.1, -0.05) is 24.3 Å². The molecule has 1 amide bonds. The first kappa shape index (κ1) is 19.3. The average Bonchev–Trinajstić information content (AvgIpc) is 3.27. The van der Waals surface area contributed by atoms with Crippen molar-refractivity contribution in [2.24, 2.45) is 5.92 Å². The summed E-state index contributed by atoms with van der Waals surface area (Å²) < 4.78 is 13.2. The molecule has 1 aliphatic heterocycles. The molecule has 1 unspecified atom stereocenters. The number of benzene rings is 2. The highest BCUT2D eigenvalue weighted by atomic mass is 19.1. The molecule has 1 aliphatic rings. The summed E-state index contributed by atoms with van der Waals surface area (Å²) in [7, 11) is 0. The zero-order valence-corrected chi connectivity index (χ0v) is 16.3. The molecule has 2 N–H and O–H groups in total. The molecule has 0 radical (unpaired) electrons. The molecule has 4 rings (SSSR count). The van der Waals surface area contributed by atoms with E-state index in [1.54, 1.807) is 12.1 Å². The van der Waals surface area contributed by atoms with Crippen LogP contribution in [0.25, 0.3) is 11.1 Å². The Morgan fingerprint density at radius 3 is 2.86 bits per heavy atom. The molecule has 5 nitrogen and oxygen atoms in total. The Hall–Kier alpha value is -2.99. The maximum atomic E-state index is 13.2. The van der Waals surface area contributed by atoms with Crippen LogP contribution in [0.15, 0.2) is 60.9 Å². The van der Waals surface area contributed by atoms with Gasteiger partial charge >= 0.3 is 0 Å². The van der Waals surface area contributed by atoms with Gasteiger partial charge in [-0.2, -0.15) is 5.10 Å². The first-order valence-electron chi connectivity index (χ1n) is 10.0. The van der Waals surface area contributed by atoms with Crippen LogP contribution in [-0.4, -0.2) is 40.6 Å². The van der Waals surface area contributed by atoms with Crippen LogP contribution in [0.1, 0.15) is 18.4 Å². The maximum Gasteiger partial charge on any atom is 0.228 e. The SMILES string of the molecule is O=C(Nc1cccc(-c2ccc(F)cc2)c1)C1CCCN(CCc2cn[nH]c2)C1. The van der Waals surface area contributed by atoms with E-state index < -0.39 is 0 Å². The molecular weight excluding hydrogens is 367 g/mol. The molecule has 0 spiro atoms. The van der Waals surface area contributed by atoms with Gasteiger partial charge in [-0.05, 0) is 66.8 Å². The zero-order chi connectivity index (χ0) is 20.1. The number of hydrogen-bond acceptors (Lipinski definition) is 3. The summed E-state index contributed by atoms with van der Waals surface area (Å²) >= 11 is 0. The van der Waals surface area contributed by atoms with Crippen LogP contribution in [0, 0.1) is 11.7 Å². The van der Waals surface area contributed by atoms with Crippen LogP contribution in [0.2, 0.25) is 0 Å². The van der Waals surface area contributed by atoms with Gasteiger partial charge in [-0.15, -0.1) is 0 Å². The molecule has 1 fully saturated rings. The summed E-state index contributed by atoms with van der Waals surface area (Å²) in [5, 5.41) is 9.89. The van der Waals surface area contributed by atoms with Gasteiger partial charge in [0.05, 0.1) is 12.1 Å². The topological polar surface area (TPSA) is 61.0 Å². The largest absolute Gasteiger partial charge is 0.326 e. The van der Waals surface area contributed by atoms with Gasteiger partial charge in [0, 0.05) is 25.0 Å². The number of aromatic nitrogens is 2. The van der Waals surface area contributed by atoms with Crippen molar-refractivity contribution in [1.29, 1.82) is 0 Å². The fourth-order valence-electron chi connectivity index (χ4n) is 3.84. The summed E-state index contributed by atoms with van der Waals surface area (Å²) in [6.07, 6.45) is 6.64. The first-order valence-corrected chi connectivity index (χ1v) is 10.0. The van der Waals surface area contributed by atoms with Crippen molar-refractivity contribution in [3.8, 4) is 11.1 Å². The fraction of sp³-hybridized carbons (Fsp3) is 0.304. The number of carbonyl (C=O) groups excluding carboxylic acids is 1. The van der Waals surface area contributed by atoms with Crippen molar-refractivity contribution in [2.75, 3.05) is 25.0 Å².